The van der Waals surface area contributed by atoms with E-state index in [1.54, 1.807) is 0 Å². The summed E-state index contributed by atoms with van der Waals surface area (Å²) < 4.78 is 0. The Labute approximate surface area is 124 Å². The quantitative estimate of drug-likeness (QED) is 0.920. The first kappa shape index (κ1) is 13.9. The van der Waals surface area contributed by atoms with Crippen molar-refractivity contribution in [2.75, 3.05) is 32.7 Å². The largest absolute Gasteiger partial charge is 0.321 e. The van der Waals surface area contributed by atoms with Crippen LogP contribution in [0, 0.1) is 0 Å². The Morgan fingerprint density at radius 3 is 2.80 bits per heavy atom. The average molecular weight is 294 g/mol. The number of amides is 1. The van der Waals surface area contributed by atoms with E-state index in [1.165, 1.54) is 12.8 Å². The number of carbonyl (C=O) groups excluding carboxylic acids is 1. The van der Waals surface area contributed by atoms with Crippen LogP contribution in [0.25, 0.3) is 0 Å². The smallest absolute Gasteiger partial charge is 0.238 e. The molecule has 1 N–H and O–H groups in total. The van der Waals surface area contributed by atoms with E-state index in [2.05, 4.69) is 10.2 Å². The topological polar surface area (TPSA) is 35.6 Å². The van der Waals surface area contributed by atoms with Crippen LogP contribution in [-0.4, -0.2) is 48.4 Å². The van der Waals surface area contributed by atoms with Crippen LogP contribution in [0.5, 0.6) is 0 Å². The summed E-state index contributed by atoms with van der Waals surface area (Å²) in [5.74, 6) is 0.175. The zero-order valence-electron chi connectivity index (χ0n) is 11.5. The minimum atomic E-state index is -0.0381. The summed E-state index contributed by atoms with van der Waals surface area (Å²) in [5.41, 5.74) is 1.06. The molecule has 5 heteroatoms. The van der Waals surface area contributed by atoms with Gasteiger partial charge in [-0.3, -0.25) is 10.1 Å². The third-order valence-electron chi connectivity index (χ3n) is 4.10. The predicted molar refractivity (Wildman–Crippen MR) is 79.6 cm³/mol. The van der Waals surface area contributed by atoms with Crippen molar-refractivity contribution in [3.63, 3.8) is 0 Å². The lowest BCUT2D eigenvalue weighted by molar-refractivity contribution is -0.128. The van der Waals surface area contributed by atoms with Crippen LogP contribution >= 0.6 is 11.6 Å². The lowest BCUT2D eigenvalue weighted by atomic mass is 10.1. The molecule has 2 aliphatic heterocycles. The Bertz CT molecular complexity index is 488. The maximum absolute atomic E-state index is 12.1. The molecule has 0 aliphatic carbocycles. The molecule has 0 radical (unpaired) electrons. The molecule has 2 saturated heterocycles. The van der Waals surface area contributed by atoms with E-state index in [-0.39, 0.29) is 12.1 Å². The van der Waals surface area contributed by atoms with Gasteiger partial charge in [0.2, 0.25) is 5.91 Å². The second-order valence-corrected chi connectivity index (χ2v) is 5.91. The number of benzene rings is 1. The molecule has 2 fully saturated rings. The molecule has 1 amide bonds. The molecule has 1 unspecified atom stereocenters. The zero-order valence-corrected chi connectivity index (χ0v) is 12.3. The van der Waals surface area contributed by atoms with Crippen LogP contribution in [0.15, 0.2) is 24.3 Å². The number of hydrogen-bond donors (Lipinski definition) is 1. The van der Waals surface area contributed by atoms with Crippen molar-refractivity contribution in [2.24, 2.45) is 0 Å². The van der Waals surface area contributed by atoms with Crippen LogP contribution in [0.1, 0.15) is 24.6 Å². The number of carbonyl (C=O) groups is 1. The highest BCUT2D eigenvalue weighted by Crippen LogP contribution is 2.24. The monoisotopic (exact) mass is 293 g/mol. The highest BCUT2D eigenvalue weighted by atomic mass is 35.5. The normalized spacial score (nSPS) is 23.8. The fourth-order valence-corrected chi connectivity index (χ4v) is 3.22. The van der Waals surface area contributed by atoms with Gasteiger partial charge in [0.05, 0.1) is 6.54 Å². The van der Waals surface area contributed by atoms with Gasteiger partial charge in [0.1, 0.15) is 6.17 Å². The molecule has 0 saturated carbocycles. The van der Waals surface area contributed by atoms with Crippen molar-refractivity contribution >= 4 is 17.5 Å². The van der Waals surface area contributed by atoms with E-state index in [4.69, 9.17) is 11.6 Å². The summed E-state index contributed by atoms with van der Waals surface area (Å²) in [4.78, 5) is 16.4. The average Bonchev–Trinajstić information content (AvgIpc) is 3.06. The highest BCUT2D eigenvalue weighted by molar-refractivity contribution is 6.30. The molecule has 0 spiro atoms. The number of hydrogen-bond acceptors (Lipinski definition) is 3. The molecule has 1 aromatic carbocycles. The number of nitrogens with one attached hydrogen (secondary N) is 1. The van der Waals surface area contributed by atoms with E-state index in [0.29, 0.717) is 11.6 Å². The Balaban J connectivity index is 1.68. The molecule has 108 valence electrons. The van der Waals surface area contributed by atoms with E-state index in [1.807, 2.05) is 29.2 Å². The summed E-state index contributed by atoms with van der Waals surface area (Å²) in [5, 5.41) is 3.99. The molecular formula is C15H20ClN3O. The predicted octanol–water partition coefficient (Wildman–Crippen LogP) is 1.87. The van der Waals surface area contributed by atoms with Crippen LogP contribution in [0.4, 0.5) is 0 Å². The molecule has 3 rings (SSSR count). The maximum Gasteiger partial charge on any atom is 0.238 e. The molecule has 1 aromatic rings. The van der Waals surface area contributed by atoms with E-state index >= 15 is 0 Å². The van der Waals surface area contributed by atoms with Crippen molar-refractivity contribution in [2.45, 2.75) is 19.0 Å². The van der Waals surface area contributed by atoms with Crippen molar-refractivity contribution in [3.8, 4) is 0 Å². The van der Waals surface area contributed by atoms with Crippen LogP contribution in [-0.2, 0) is 4.79 Å². The lowest BCUT2D eigenvalue weighted by Crippen LogP contribution is -2.37. The summed E-state index contributed by atoms with van der Waals surface area (Å²) in [6, 6.07) is 7.74. The molecule has 2 heterocycles. The first-order valence-corrected chi connectivity index (χ1v) is 7.62. The van der Waals surface area contributed by atoms with Gasteiger partial charge in [0, 0.05) is 18.1 Å². The molecular weight excluding hydrogens is 274 g/mol. The fourth-order valence-electron chi connectivity index (χ4n) is 3.02. The maximum atomic E-state index is 12.1. The van der Waals surface area contributed by atoms with Crippen LogP contribution < -0.4 is 5.32 Å². The van der Waals surface area contributed by atoms with Gasteiger partial charge in [-0.2, -0.15) is 0 Å². The molecule has 4 nitrogen and oxygen atoms in total. The van der Waals surface area contributed by atoms with Gasteiger partial charge in [-0.25, -0.2) is 0 Å². The fraction of sp³-hybridized carbons (Fsp3) is 0.533. The highest BCUT2D eigenvalue weighted by Gasteiger charge is 2.31. The van der Waals surface area contributed by atoms with Crippen molar-refractivity contribution in [1.29, 1.82) is 0 Å². The van der Waals surface area contributed by atoms with Gasteiger partial charge in [0.25, 0.3) is 0 Å². The third kappa shape index (κ3) is 2.97. The third-order valence-corrected chi connectivity index (χ3v) is 4.33. The van der Waals surface area contributed by atoms with Gasteiger partial charge < -0.3 is 9.80 Å². The molecule has 2 aliphatic rings. The van der Waals surface area contributed by atoms with Crippen molar-refractivity contribution < 1.29 is 4.79 Å². The second kappa shape index (κ2) is 6.12. The Hall–Kier alpha value is -1.10. The van der Waals surface area contributed by atoms with Crippen molar-refractivity contribution in [1.82, 2.24) is 15.1 Å². The zero-order chi connectivity index (χ0) is 13.9. The molecule has 0 aromatic heterocycles. The van der Waals surface area contributed by atoms with Gasteiger partial charge in [-0.05, 0) is 43.6 Å². The first-order valence-electron chi connectivity index (χ1n) is 7.25. The molecule has 20 heavy (non-hydrogen) atoms. The SMILES string of the molecule is O=C1CNC(c2cccc(Cl)c2)N1CCN1CCCC1. The standard InChI is InChI=1S/C15H20ClN3O/c16-13-5-3-4-12(10-13)15-17-11-14(20)19(15)9-8-18-6-1-2-7-18/h3-5,10,15,17H,1-2,6-9,11H2. The minimum absolute atomic E-state index is 0.0381. The molecule has 0 bridgehead atoms. The van der Waals surface area contributed by atoms with Gasteiger partial charge >= 0.3 is 0 Å². The number of rotatable bonds is 4. The summed E-state index contributed by atoms with van der Waals surface area (Å²) in [6.45, 7) is 4.49. The van der Waals surface area contributed by atoms with Gasteiger partial charge in [-0.15, -0.1) is 0 Å². The Morgan fingerprint density at radius 2 is 2.05 bits per heavy atom. The van der Waals surface area contributed by atoms with Gasteiger partial charge in [-0.1, -0.05) is 23.7 Å². The number of halogens is 1. The Kier molecular flexibility index (Phi) is 4.24. The van der Waals surface area contributed by atoms with Crippen LogP contribution in [0.3, 0.4) is 0 Å². The first-order chi connectivity index (χ1) is 9.74. The summed E-state index contributed by atoms with van der Waals surface area (Å²) in [6.07, 6.45) is 2.53. The summed E-state index contributed by atoms with van der Waals surface area (Å²) in [7, 11) is 0. The van der Waals surface area contributed by atoms with Gasteiger partial charge in [0.15, 0.2) is 0 Å². The van der Waals surface area contributed by atoms with E-state index in [9.17, 15) is 4.79 Å². The minimum Gasteiger partial charge on any atom is -0.321 e. The van der Waals surface area contributed by atoms with Crippen LogP contribution in [0.2, 0.25) is 5.02 Å². The Morgan fingerprint density at radius 1 is 1.25 bits per heavy atom. The number of likely N-dealkylation sites (tertiary alicyclic amines) is 1. The van der Waals surface area contributed by atoms with Crippen molar-refractivity contribution in [3.05, 3.63) is 34.9 Å². The second-order valence-electron chi connectivity index (χ2n) is 5.47. The summed E-state index contributed by atoms with van der Waals surface area (Å²) >= 11 is 6.05. The number of nitrogens with zero attached hydrogens (tertiary/aromatic N) is 2. The molecule has 1 atom stereocenters. The van der Waals surface area contributed by atoms with E-state index in [0.717, 1.165) is 31.7 Å². The lowest BCUT2D eigenvalue weighted by Gasteiger charge is -2.27. The van der Waals surface area contributed by atoms with E-state index < -0.39 is 0 Å².